The first-order chi connectivity index (χ1) is 15.2. The summed E-state index contributed by atoms with van der Waals surface area (Å²) in [5.74, 6) is 1.20. The van der Waals surface area contributed by atoms with Crippen LogP contribution in [0.2, 0.25) is 0 Å². The monoisotopic (exact) mass is 447 g/mol. The molecular formula is C24H37N3O5. The maximum absolute atomic E-state index is 12.0. The first kappa shape index (κ1) is 24.3. The second-order valence-electron chi connectivity index (χ2n) is 9.72. The Labute approximate surface area is 190 Å². The minimum Gasteiger partial charge on any atom is -0.467 e. The van der Waals surface area contributed by atoms with Crippen LogP contribution in [0.4, 0.5) is 10.6 Å². The molecular weight excluding hydrogens is 410 g/mol. The molecule has 1 saturated carbocycles. The molecule has 8 heteroatoms. The predicted octanol–water partition coefficient (Wildman–Crippen LogP) is 3.62. The highest BCUT2D eigenvalue weighted by molar-refractivity contribution is 5.81. The van der Waals surface area contributed by atoms with E-state index in [1.165, 1.54) is 19.1 Å². The minimum atomic E-state index is -0.783. The molecule has 2 N–H and O–H groups in total. The first-order valence-corrected chi connectivity index (χ1v) is 11.6. The van der Waals surface area contributed by atoms with Crippen LogP contribution in [0.15, 0.2) is 12.1 Å². The van der Waals surface area contributed by atoms with E-state index in [4.69, 9.17) is 19.2 Å². The number of aromatic nitrogens is 1. The largest absolute Gasteiger partial charge is 0.467 e. The number of carbonyl (C=O) groups is 2. The van der Waals surface area contributed by atoms with Crippen molar-refractivity contribution < 1.29 is 23.8 Å². The summed E-state index contributed by atoms with van der Waals surface area (Å²) in [7, 11) is 1.30. The van der Waals surface area contributed by atoms with E-state index in [1.807, 2.05) is 0 Å². The summed E-state index contributed by atoms with van der Waals surface area (Å²) in [5, 5.41) is 5.97. The van der Waals surface area contributed by atoms with Gasteiger partial charge in [0.05, 0.1) is 13.2 Å². The van der Waals surface area contributed by atoms with Crippen LogP contribution >= 0.6 is 0 Å². The lowest BCUT2D eigenvalue weighted by molar-refractivity contribution is -0.144. The van der Waals surface area contributed by atoms with Crippen LogP contribution in [-0.4, -0.2) is 55.1 Å². The summed E-state index contributed by atoms with van der Waals surface area (Å²) >= 11 is 0. The summed E-state index contributed by atoms with van der Waals surface area (Å²) < 4.78 is 15.9. The molecule has 1 amide bonds. The molecule has 0 saturated heterocycles. The van der Waals surface area contributed by atoms with Gasteiger partial charge in [0.15, 0.2) is 0 Å². The van der Waals surface area contributed by atoms with Gasteiger partial charge < -0.3 is 24.8 Å². The Hall–Kier alpha value is -2.35. The van der Waals surface area contributed by atoms with Gasteiger partial charge in [-0.05, 0) is 76.8 Å². The molecule has 0 radical (unpaired) electrons. The van der Waals surface area contributed by atoms with E-state index in [-0.39, 0.29) is 6.10 Å². The smallest absolute Gasteiger partial charge is 0.408 e. The summed E-state index contributed by atoms with van der Waals surface area (Å²) in [6, 6.07) is 3.58. The number of hydrogen-bond acceptors (Lipinski definition) is 7. The Balaban J connectivity index is 1.33. The van der Waals surface area contributed by atoms with E-state index in [2.05, 4.69) is 22.8 Å². The fourth-order valence-corrected chi connectivity index (χ4v) is 4.10. The van der Waals surface area contributed by atoms with Gasteiger partial charge in [0.1, 0.15) is 17.5 Å². The molecule has 2 heterocycles. The molecule has 1 atom stereocenters. The van der Waals surface area contributed by atoms with Crippen LogP contribution in [0.1, 0.15) is 64.1 Å². The van der Waals surface area contributed by atoms with Crippen LogP contribution in [-0.2, 0) is 31.8 Å². The maximum atomic E-state index is 12.0. The zero-order chi connectivity index (χ0) is 23.1. The number of ether oxygens (including phenoxy) is 3. The fraction of sp³-hybridized carbons (Fsp3) is 0.708. The van der Waals surface area contributed by atoms with Gasteiger partial charge in [-0.3, -0.25) is 0 Å². The minimum absolute atomic E-state index is 0.206. The molecule has 1 unspecified atom stereocenters. The number of aryl methyl sites for hydroxylation is 2. The van der Waals surface area contributed by atoms with Gasteiger partial charge in [-0.25, -0.2) is 14.6 Å². The standard InChI is InChI=1S/C24H37N3O5/c1-24(2,3)32-23(29)27-20(22(28)30-4)11-13-31-19-14-16(15-19)7-9-18-10-8-17-6-5-12-25-21(17)26-18/h8,10,16,19-20H,5-7,9,11-15H2,1-4H3,(H,25,26)(H,27,29)/t16-,19-,20?. The van der Waals surface area contributed by atoms with E-state index in [0.29, 0.717) is 18.9 Å². The van der Waals surface area contributed by atoms with E-state index < -0.39 is 23.7 Å². The van der Waals surface area contributed by atoms with Crippen molar-refractivity contribution in [3.8, 4) is 0 Å². The third kappa shape index (κ3) is 7.36. The Bertz CT molecular complexity index is 786. The molecule has 0 aromatic carbocycles. The average molecular weight is 448 g/mol. The highest BCUT2D eigenvalue weighted by atomic mass is 16.6. The van der Waals surface area contributed by atoms with E-state index in [9.17, 15) is 9.59 Å². The average Bonchev–Trinajstić information content (AvgIpc) is 2.71. The number of methoxy groups -OCH3 is 1. The van der Waals surface area contributed by atoms with E-state index >= 15 is 0 Å². The fourth-order valence-electron chi connectivity index (χ4n) is 4.10. The molecule has 1 aliphatic heterocycles. The van der Waals surface area contributed by atoms with Crippen molar-refractivity contribution in [1.82, 2.24) is 10.3 Å². The van der Waals surface area contributed by atoms with Gasteiger partial charge in [0.2, 0.25) is 0 Å². The second-order valence-corrected chi connectivity index (χ2v) is 9.72. The van der Waals surface area contributed by atoms with Crippen molar-refractivity contribution in [2.45, 2.75) is 83.5 Å². The van der Waals surface area contributed by atoms with E-state index in [0.717, 1.165) is 50.2 Å². The Morgan fingerprint density at radius 3 is 2.78 bits per heavy atom. The lowest BCUT2D eigenvalue weighted by Crippen LogP contribution is -2.45. The topological polar surface area (TPSA) is 98.8 Å². The lowest BCUT2D eigenvalue weighted by atomic mass is 9.79. The Morgan fingerprint density at radius 1 is 1.28 bits per heavy atom. The van der Waals surface area contributed by atoms with E-state index in [1.54, 1.807) is 20.8 Å². The van der Waals surface area contributed by atoms with Crippen molar-refractivity contribution in [3.63, 3.8) is 0 Å². The SMILES string of the molecule is COC(=O)C(CCO[C@H]1C[C@H](CCc2ccc3c(n2)NCCC3)C1)NC(=O)OC(C)(C)C. The van der Waals surface area contributed by atoms with Gasteiger partial charge in [-0.15, -0.1) is 0 Å². The third-order valence-electron chi connectivity index (χ3n) is 5.89. The molecule has 1 aliphatic carbocycles. The maximum Gasteiger partial charge on any atom is 0.408 e. The molecule has 8 nitrogen and oxygen atoms in total. The number of fused-ring (bicyclic) bond motifs is 1. The quantitative estimate of drug-likeness (QED) is 0.558. The van der Waals surface area contributed by atoms with Gasteiger partial charge in [-0.1, -0.05) is 6.07 Å². The number of anilines is 1. The number of amides is 1. The highest BCUT2D eigenvalue weighted by Gasteiger charge is 2.31. The van der Waals surface area contributed by atoms with Crippen LogP contribution in [0, 0.1) is 5.92 Å². The number of pyridine rings is 1. The first-order valence-electron chi connectivity index (χ1n) is 11.6. The number of hydrogen-bond donors (Lipinski definition) is 2. The number of nitrogens with zero attached hydrogens (tertiary/aromatic N) is 1. The molecule has 32 heavy (non-hydrogen) atoms. The second kappa shape index (κ2) is 11.0. The number of esters is 1. The number of nitrogens with one attached hydrogen (secondary N) is 2. The molecule has 0 spiro atoms. The van der Waals surface area contributed by atoms with Crippen molar-refractivity contribution >= 4 is 17.9 Å². The van der Waals surface area contributed by atoms with Crippen molar-refractivity contribution in [2.75, 3.05) is 25.6 Å². The van der Waals surface area contributed by atoms with Gasteiger partial charge >= 0.3 is 12.1 Å². The summed E-state index contributed by atoms with van der Waals surface area (Å²) in [5.41, 5.74) is 1.84. The highest BCUT2D eigenvalue weighted by Crippen LogP contribution is 2.34. The summed E-state index contributed by atoms with van der Waals surface area (Å²) in [6.07, 6.45) is 6.33. The molecule has 178 valence electrons. The van der Waals surface area contributed by atoms with Gasteiger partial charge in [-0.2, -0.15) is 0 Å². The van der Waals surface area contributed by atoms with Crippen LogP contribution in [0.5, 0.6) is 0 Å². The molecule has 1 fully saturated rings. The van der Waals surface area contributed by atoms with Crippen molar-refractivity contribution in [1.29, 1.82) is 0 Å². The molecule has 0 bridgehead atoms. The Kier molecular flexibility index (Phi) is 8.34. The number of alkyl carbamates (subject to hydrolysis) is 1. The molecule has 2 aliphatic rings. The zero-order valence-corrected chi connectivity index (χ0v) is 19.7. The van der Waals surface area contributed by atoms with Gasteiger partial charge in [0, 0.05) is 25.3 Å². The van der Waals surface area contributed by atoms with Crippen LogP contribution < -0.4 is 10.6 Å². The molecule has 3 rings (SSSR count). The van der Waals surface area contributed by atoms with Crippen molar-refractivity contribution in [3.05, 3.63) is 23.4 Å². The lowest BCUT2D eigenvalue weighted by Gasteiger charge is -2.35. The van der Waals surface area contributed by atoms with Crippen molar-refractivity contribution in [2.24, 2.45) is 5.92 Å². The normalized spacial score (nSPS) is 20.9. The van der Waals surface area contributed by atoms with Crippen LogP contribution in [0.3, 0.4) is 0 Å². The van der Waals surface area contributed by atoms with Gasteiger partial charge in [0.25, 0.3) is 0 Å². The Morgan fingerprint density at radius 2 is 2.06 bits per heavy atom. The third-order valence-corrected chi connectivity index (χ3v) is 5.89. The molecule has 1 aromatic heterocycles. The van der Waals surface area contributed by atoms with Crippen LogP contribution in [0.25, 0.3) is 0 Å². The zero-order valence-electron chi connectivity index (χ0n) is 19.7. The number of carbonyl (C=O) groups excluding carboxylic acids is 2. The summed E-state index contributed by atoms with van der Waals surface area (Å²) in [4.78, 5) is 28.7. The molecule has 1 aromatic rings. The summed E-state index contributed by atoms with van der Waals surface area (Å²) in [6.45, 7) is 6.71. The predicted molar refractivity (Wildman–Crippen MR) is 122 cm³/mol. The number of rotatable bonds is 9.